The summed E-state index contributed by atoms with van der Waals surface area (Å²) in [6.45, 7) is 1.81. The van der Waals surface area contributed by atoms with E-state index in [2.05, 4.69) is 31.6 Å². The van der Waals surface area contributed by atoms with Crippen molar-refractivity contribution in [2.45, 2.75) is 44.2 Å². The predicted octanol–water partition coefficient (Wildman–Crippen LogP) is 3.98. The molecule has 1 unspecified atom stereocenters. The summed E-state index contributed by atoms with van der Waals surface area (Å²) < 4.78 is 2.14. The van der Waals surface area contributed by atoms with Gasteiger partial charge in [0, 0.05) is 23.3 Å². The minimum Gasteiger partial charge on any atom is -0.351 e. The molecule has 0 bridgehead atoms. The van der Waals surface area contributed by atoms with Gasteiger partial charge in [-0.3, -0.25) is 4.57 Å². The third kappa shape index (κ3) is 3.78. The van der Waals surface area contributed by atoms with Gasteiger partial charge < -0.3 is 16.0 Å². The van der Waals surface area contributed by atoms with E-state index in [9.17, 15) is 5.26 Å². The third-order valence-electron chi connectivity index (χ3n) is 5.80. The fraction of sp³-hybridized carbons (Fsp3) is 0.429. The molecule has 30 heavy (non-hydrogen) atoms. The molecule has 8 nitrogen and oxygen atoms in total. The van der Waals surface area contributed by atoms with E-state index < -0.39 is 0 Å². The number of halogens is 1. The fourth-order valence-electron chi connectivity index (χ4n) is 4.36. The number of nitriles is 1. The monoisotopic (exact) mass is 422 g/mol. The average molecular weight is 423 g/mol. The highest BCUT2D eigenvalue weighted by Crippen LogP contribution is 2.30. The lowest BCUT2D eigenvalue weighted by atomic mass is 10.2. The van der Waals surface area contributed by atoms with Crippen LogP contribution in [0.25, 0.3) is 11.2 Å². The van der Waals surface area contributed by atoms with Gasteiger partial charge >= 0.3 is 0 Å². The van der Waals surface area contributed by atoms with Crippen LogP contribution in [0, 0.1) is 11.3 Å². The van der Waals surface area contributed by atoms with Gasteiger partial charge in [-0.1, -0.05) is 24.4 Å². The number of hydrogen-bond donors (Lipinski definition) is 3. The number of fused-ring (bicyclic) bond motifs is 1. The van der Waals surface area contributed by atoms with E-state index in [1.54, 1.807) is 24.4 Å². The molecule has 1 aliphatic carbocycles. The second kappa shape index (κ2) is 8.09. The zero-order valence-corrected chi connectivity index (χ0v) is 17.3. The Morgan fingerprint density at radius 2 is 2.03 bits per heavy atom. The maximum atomic E-state index is 9.25. The summed E-state index contributed by atoms with van der Waals surface area (Å²) in [4.78, 5) is 14.1. The van der Waals surface area contributed by atoms with Crippen LogP contribution >= 0.6 is 11.6 Å². The van der Waals surface area contributed by atoms with E-state index in [0.29, 0.717) is 28.5 Å². The third-order valence-corrected chi connectivity index (χ3v) is 6.02. The Morgan fingerprint density at radius 3 is 2.80 bits per heavy atom. The van der Waals surface area contributed by atoms with Crippen molar-refractivity contribution in [3.63, 3.8) is 0 Å². The molecule has 1 saturated heterocycles. The SMILES string of the molecule is N#Cc1cc(Cl)cc(Nc2nc3cnc(NC4CCCC4)nc3n2C2CCNC2)c1. The van der Waals surface area contributed by atoms with Crippen molar-refractivity contribution in [3.05, 3.63) is 35.0 Å². The lowest BCUT2D eigenvalue weighted by Gasteiger charge is -2.17. The first-order valence-electron chi connectivity index (χ1n) is 10.4. The highest BCUT2D eigenvalue weighted by atomic mass is 35.5. The summed E-state index contributed by atoms with van der Waals surface area (Å²) in [6.07, 6.45) is 7.61. The number of aromatic nitrogens is 4. The number of benzene rings is 1. The molecule has 3 N–H and O–H groups in total. The van der Waals surface area contributed by atoms with E-state index in [0.717, 1.165) is 49.2 Å². The zero-order valence-electron chi connectivity index (χ0n) is 16.5. The van der Waals surface area contributed by atoms with E-state index in [4.69, 9.17) is 21.6 Å². The lowest BCUT2D eigenvalue weighted by molar-refractivity contribution is 0.564. The van der Waals surface area contributed by atoms with Crippen LogP contribution < -0.4 is 16.0 Å². The average Bonchev–Trinajstić information content (AvgIpc) is 3.48. The highest BCUT2D eigenvalue weighted by molar-refractivity contribution is 6.31. The minimum absolute atomic E-state index is 0.237. The molecule has 1 aliphatic heterocycles. The number of nitrogens with zero attached hydrogens (tertiary/aromatic N) is 5. The molecule has 1 aromatic carbocycles. The Hall–Kier alpha value is -2.89. The molecule has 2 aromatic heterocycles. The van der Waals surface area contributed by atoms with Gasteiger partial charge in [0.05, 0.1) is 23.9 Å². The predicted molar refractivity (Wildman–Crippen MR) is 117 cm³/mol. The largest absolute Gasteiger partial charge is 0.351 e. The van der Waals surface area contributed by atoms with Crippen molar-refractivity contribution in [3.8, 4) is 6.07 Å². The lowest BCUT2D eigenvalue weighted by Crippen LogP contribution is -2.18. The summed E-state index contributed by atoms with van der Waals surface area (Å²) in [7, 11) is 0. The Labute approximate surface area is 179 Å². The van der Waals surface area contributed by atoms with Gasteiger partial charge in [0.25, 0.3) is 0 Å². The first kappa shape index (κ1) is 19.1. The van der Waals surface area contributed by atoms with Gasteiger partial charge in [0.2, 0.25) is 11.9 Å². The van der Waals surface area contributed by atoms with Crippen molar-refractivity contribution >= 4 is 40.3 Å². The molecule has 154 valence electrons. The molecule has 0 spiro atoms. The highest BCUT2D eigenvalue weighted by Gasteiger charge is 2.25. The van der Waals surface area contributed by atoms with Crippen LogP contribution in [0.3, 0.4) is 0 Å². The Kier molecular flexibility index (Phi) is 5.15. The van der Waals surface area contributed by atoms with Crippen LogP contribution in [0.4, 0.5) is 17.6 Å². The van der Waals surface area contributed by atoms with E-state index in [-0.39, 0.29) is 6.04 Å². The summed E-state index contributed by atoms with van der Waals surface area (Å²) in [5.41, 5.74) is 2.77. The first-order valence-corrected chi connectivity index (χ1v) is 10.8. The van der Waals surface area contributed by atoms with Gasteiger partial charge in [-0.2, -0.15) is 10.2 Å². The molecule has 5 rings (SSSR count). The second-order valence-electron chi connectivity index (χ2n) is 7.95. The van der Waals surface area contributed by atoms with E-state index >= 15 is 0 Å². The summed E-state index contributed by atoms with van der Waals surface area (Å²) in [5.74, 6) is 1.33. The number of imidazole rings is 1. The smallest absolute Gasteiger partial charge is 0.224 e. The van der Waals surface area contributed by atoms with Crippen LogP contribution in [-0.4, -0.2) is 38.7 Å². The maximum Gasteiger partial charge on any atom is 0.224 e. The zero-order chi connectivity index (χ0) is 20.5. The van der Waals surface area contributed by atoms with Crippen LogP contribution in [0.1, 0.15) is 43.7 Å². The van der Waals surface area contributed by atoms with Crippen molar-refractivity contribution in [2.75, 3.05) is 23.7 Å². The van der Waals surface area contributed by atoms with Crippen molar-refractivity contribution < 1.29 is 0 Å². The molecule has 1 saturated carbocycles. The molecule has 2 fully saturated rings. The van der Waals surface area contributed by atoms with Gasteiger partial charge in [0.15, 0.2) is 5.65 Å². The second-order valence-corrected chi connectivity index (χ2v) is 8.38. The molecular weight excluding hydrogens is 400 g/mol. The fourth-order valence-corrected chi connectivity index (χ4v) is 4.60. The van der Waals surface area contributed by atoms with Crippen molar-refractivity contribution in [2.24, 2.45) is 0 Å². The molecule has 3 aromatic rings. The topological polar surface area (TPSA) is 103 Å². The minimum atomic E-state index is 0.237. The van der Waals surface area contributed by atoms with E-state index in [1.165, 1.54) is 12.8 Å². The molecule has 2 aliphatic rings. The van der Waals surface area contributed by atoms with Crippen LogP contribution in [0.5, 0.6) is 0 Å². The molecular formula is C21H23ClN8. The van der Waals surface area contributed by atoms with Gasteiger partial charge in [-0.25, -0.2) is 9.97 Å². The van der Waals surface area contributed by atoms with Gasteiger partial charge in [0.1, 0.15) is 5.52 Å². The molecule has 0 amide bonds. The molecule has 1 atom stereocenters. The maximum absolute atomic E-state index is 9.25. The van der Waals surface area contributed by atoms with E-state index in [1.807, 2.05) is 0 Å². The molecule has 3 heterocycles. The van der Waals surface area contributed by atoms with Crippen LogP contribution in [0.2, 0.25) is 5.02 Å². The van der Waals surface area contributed by atoms with Gasteiger partial charge in [-0.15, -0.1) is 0 Å². The normalized spacial score (nSPS) is 19.3. The first-order chi connectivity index (χ1) is 14.7. The Balaban J connectivity index is 1.54. The van der Waals surface area contributed by atoms with Crippen LogP contribution in [-0.2, 0) is 0 Å². The quantitative estimate of drug-likeness (QED) is 0.571. The summed E-state index contributed by atoms with van der Waals surface area (Å²) in [6, 6.07) is 8.02. The summed E-state index contributed by atoms with van der Waals surface area (Å²) >= 11 is 6.18. The number of hydrogen-bond acceptors (Lipinski definition) is 7. The standard InChI is InChI=1S/C21H23ClN8/c22-14-7-13(10-23)8-16(9-14)27-21-28-18-12-25-20(26-15-3-1-2-4-15)29-19(18)30(21)17-5-6-24-11-17/h7-9,12,15,17,24H,1-6,11H2,(H,27,28)(H,25,26,29). The van der Waals surface area contributed by atoms with Gasteiger partial charge in [-0.05, 0) is 44.0 Å². The Bertz CT molecular complexity index is 1110. The molecule has 0 radical (unpaired) electrons. The van der Waals surface area contributed by atoms with Crippen molar-refractivity contribution in [1.29, 1.82) is 5.26 Å². The number of nitrogens with one attached hydrogen (secondary N) is 3. The van der Waals surface area contributed by atoms with Crippen LogP contribution in [0.15, 0.2) is 24.4 Å². The number of rotatable bonds is 5. The van der Waals surface area contributed by atoms with Crippen molar-refractivity contribution in [1.82, 2.24) is 24.8 Å². The molecule has 9 heteroatoms. The number of anilines is 3. The Morgan fingerprint density at radius 1 is 1.17 bits per heavy atom. The summed E-state index contributed by atoms with van der Waals surface area (Å²) in [5, 5.41) is 20.0.